The molecule has 1 unspecified atom stereocenters. The third kappa shape index (κ3) is 2.38. The second-order valence-corrected chi connectivity index (χ2v) is 4.67. The Hall–Kier alpha value is -1.03. The predicted molar refractivity (Wildman–Crippen MR) is 66.7 cm³/mol. The molecule has 1 aliphatic heterocycles. The van der Waals surface area contributed by atoms with E-state index in [4.69, 9.17) is 17.3 Å². The molecule has 1 fully saturated rings. The molecule has 0 amide bonds. The molecule has 0 aromatic carbocycles. The van der Waals surface area contributed by atoms with Crippen LogP contribution in [0.5, 0.6) is 0 Å². The van der Waals surface area contributed by atoms with Crippen LogP contribution in [0.1, 0.15) is 26.2 Å². The summed E-state index contributed by atoms with van der Waals surface area (Å²) < 4.78 is 0. The maximum atomic E-state index is 6.10. The summed E-state index contributed by atoms with van der Waals surface area (Å²) in [4.78, 5) is 10.3. The minimum atomic E-state index is 0.290. The molecule has 2 rings (SSSR count). The fraction of sp³-hybridized carbons (Fsp3) is 0.636. The number of halogens is 1. The molecule has 2 heterocycles. The Bertz CT molecular complexity index is 369. The second-order valence-electron chi connectivity index (χ2n) is 4.26. The van der Waals surface area contributed by atoms with Crippen LogP contribution < -0.4 is 10.6 Å². The highest BCUT2D eigenvalue weighted by Gasteiger charge is 2.21. The van der Waals surface area contributed by atoms with Gasteiger partial charge in [0.25, 0.3) is 0 Å². The molecule has 88 valence electrons. The third-order valence-corrected chi connectivity index (χ3v) is 3.41. The fourth-order valence-electron chi connectivity index (χ4n) is 2.18. The first-order valence-corrected chi connectivity index (χ1v) is 6.11. The number of nitrogens with two attached hydrogens (primary N) is 1. The minimum absolute atomic E-state index is 0.290. The summed E-state index contributed by atoms with van der Waals surface area (Å²) in [5, 5.41) is 0.589. The molecule has 0 bridgehead atoms. The lowest BCUT2D eigenvalue weighted by atomic mass is 9.96. The zero-order valence-corrected chi connectivity index (χ0v) is 10.2. The number of rotatable bonds is 2. The van der Waals surface area contributed by atoms with Gasteiger partial charge in [0.05, 0.1) is 6.20 Å². The van der Waals surface area contributed by atoms with Crippen LogP contribution in [-0.4, -0.2) is 23.1 Å². The van der Waals surface area contributed by atoms with E-state index in [1.165, 1.54) is 19.3 Å². The van der Waals surface area contributed by atoms with Crippen LogP contribution in [-0.2, 0) is 0 Å². The SMILES string of the molecule is CCC1CCCN(c2nc(N)ncc2Cl)C1. The Morgan fingerprint density at radius 2 is 2.44 bits per heavy atom. The van der Waals surface area contributed by atoms with Crippen molar-refractivity contribution in [3.05, 3.63) is 11.2 Å². The van der Waals surface area contributed by atoms with Crippen molar-refractivity contribution in [3.8, 4) is 0 Å². The van der Waals surface area contributed by atoms with E-state index in [9.17, 15) is 0 Å². The number of hydrogen-bond donors (Lipinski definition) is 1. The second kappa shape index (κ2) is 4.87. The van der Waals surface area contributed by atoms with Crippen molar-refractivity contribution in [3.63, 3.8) is 0 Å². The zero-order valence-electron chi connectivity index (χ0n) is 9.49. The zero-order chi connectivity index (χ0) is 11.5. The summed E-state index contributed by atoms with van der Waals surface area (Å²) in [7, 11) is 0. The van der Waals surface area contributed by atoms with Gasteiger partial charge in [-0.15, -0.1) is 0 Å². The van der Waals surface area contributed by atoms with Crippen molar-refractivity contribution in [2.75, 3.05) is 23.7 Å². The molecule has 4 nitrogen and oxygen atoms in total. The normalized spacial score (nSPS) is 21.1. The van der Waals surface area contributed by atoms with E-state index in [2.05, 4.69) is 21.8 Å². The van der Waals surface area contributed by atoms with Crippen molar-refractivity contribution < 1.29 is 0 Å². The van der Waals surface area contributed by atoms with Gasteiger partial charge < -0.3 is 10.6 Å². The van der Waals surface area contributed by atoms with Crippen molar-refractivity contribution in [2.24, 2.45) is 5.92 Å². The summed E-state index contributed by atoms with van der Waals surface area (Å²) >= 11 is 6.10. The van der Waals surface area contributed by atoms with Gasteiger partial charge in [-0.3, -0.25) is 0 Å². The standard InChI is InChI=1S/C11H17ClN4/c1-2-8-4-3-5-16(7-8)10-9(12)6-14-11(13)15-10/h6,8H,2-5,7H2,1H3,(H2,13,14,15). The van der Waals surface area contributed by atoms with Crippen molar-refractivity contribution in [1.82, 2.24) is 9.97 Å². The van der Waals surface area contributed by atoms with E-state index < -0.39 is 0 Å². The first-order chi connectivity index (χ1) is 7.70. The lowest BCUT2D eigenvalue weighted by molar-refractivity contribution is 0.403. The number of aromatic nitrogens is 2. The highest BCUT2D eigenvalue weighted by molar-refractivity contribution is 6.32. The maximum absolute atomic E-state index is 6.10. The number of hydrogen-bond acceptors (Lipinski definition) is 4. The molecule has 0 spiro atoms. The van der Waals surface area contributed by atoms with Gasteiger partial charge in [0.15, 0.2) is 5.82 Å². The van der Waals surface area contributed by atoms with E-state index in [-0.39, 0.29) is 5.95 Å². The van der Waals surface area contributed by atoms with Gasteiger partial charge in [-0.1, -0.05) is 24.9 Å². The summed E-state index contributed by atoms with van der Waals surface area (Å²) in [5.41, 5.74) is 5.59. The molecule has 0 aliphatic carbocycles. The number of nitrogens with zero attached hydrogens (tertiary/aromatic N) is 3. The predicted octanol–water partition coefficient (Wildman–Crippen LogP) is 2.34. The molecule has 16 heavy (non-hydrogen) atoms. The average molecular weight is 241 g/mol. The lowest BCUT2D eigenvalue weighted by Crippen LogP contribution is -2.36. The number of nitrogen functional groups attached to an aromatic ring is 1. The fourth-order valence-corrected chi connectivity index (χ4v) is 2.39. The van der Waals surface area contributed by atoms with Crippen LogP contribution in [0.4, 0.5) is 11.8 Å². The Balaban J connectivity index is 2.19. The van der Waals surface area contributed by atoms with Crippen LogP contribution in [0.2, 0.25) is 5.02 Å². The lowest BCUT2D eigenvalue weighted by Gasteiger charge is -2.33. The number of piperidine rings is 1. The summed E-state index contributed by atoms with van der Waals surface area (Å²) in [6.45, 7) is 4.25. The third-order valence-electron chi connectivity index (χ3n) is 3.14. The molecular weight excluding hydrogens is 224 g/mol. The average Bonchev–Trinajstić information content (AvgIpc) is 2.32. The highest BCUT2D eigenvalue weighted by atomic mass is 35.5. The summed E-state index contributed by atoms with van der Waals surface area (Å²) in [6, 6.07) is 0. The van der Waals surface area contributed by atoms with Crippen LogP contribution in [0.3, 0.4) is 0 Å². The van der Waals surface area contributed by atoms with Crippen molar-refractivity contribution in [1.29, 1.82) is 0 Å². The Labute approximate surface area is 101 Å². The molecule has 1 aromatic heterocycles. The van der Waals surface area contributed by atoms with Crippen molar-refractivity contribution in [2.45, 2.75) is 26.2 Å². The van der Waals surface area contributed by atoms with E-state index in [1.54, 1.807) is 6.20 Å². The molecule has 1 saturated heterocycles. The Kier molecular flexibility index (Phi) is 3.49. The summed E-state index contributed by atoms with van der Waals surface area (Å²) in [6.07, 6.45) is 5.27. The largest absolute Gasteiger partial charge is 0.368 e. The molecule has 0 saturated carbocycles. The highest BCUT2D eigenvalue weighted by Crippen LogP contribution is 2.28. The van der Waals surface area contributed by atoms with E-state index in [1.807, 2.05) is 0 Å². The first-order valence-electron chi connectivity index (χ1n) is 5.73. The van der Waals surface area contributed by atoms with Crippen LogP contribution >= 0.6 is 11.6 Å². The van der Waals surface area contributed by atoms with E-state index in [0.29, 0.717) is 5.02 Å². The van der Waals surface area contributed by atoms with E-state index >= 15 is 0 Å². The van der Waals surface area contributed by atoms with Crippen LogP contribution in [0, 0.1) is 5.92 Å². The smallest absolute Gasteiger partial charge is 0.222 e. The Morgan fingerprint density at radius 1 is 1.62 bits per heavy atom. The van der Waals surface area contributed by atoms with E-state index in [0.717, 1.165) is 24.8 Å². The van der Waals surface area contributed by atoms with Crippen LogP contribution in [0.25, 0.3) is 0 Å². The monoisotopic (exact) mass is 240 g/mol. The molecule has 1 aliphatic rings. The van der Waals surface area contributed by atoms with Gasteiger partial charge in [0, 0.05) is 13.1 Å². The maximum Gasteiger partial charge on any atom is 0.222 e. The summed E-state index contributed by atoms with van der Waals surface area (Å²) in [5.74, 6) is 1.81. The van der Waals surface area contributed by atoms with Gasteiger partial charge in [0.1, 0.15) is 5.02 Å². The van der Waals surface area contributed by atoms with Crippen molar-refractivity contribution >= 4 is 23.4 Å². The molecule has 1 aromatic rings. The van der Waals surface area contributed by atoms with Crippen LogP contribution in [0.15, 0.2) is 6.20 Å². The molecule has 2 N–H and O–H groups in total. The molecule has 0 radical (unpaired) electrons. The number of anilines is 2. The molecule has 5 heteroatoms. The van der Waals surface area contributed by atoms with Gasteiger partial charge in [0.2, 0.25) is 5.95 Å². The topological polar surface area (TPSA) is 55.0 Å². The molecule has 1 atom stereocenters. The van der Waals surface area contributed by atoms with Gasteiger partial charge in [-0.25, -0.2) is 4.98 Å². The molecular formula is C11H17ClN4. The van der Waals surface area contributed by atoms with Gasteiger partial charge in [-0.2, -0.15) is 4.98 Å². The first kappa shape index (κ1) is 11.5. The minimum Gasteiger partial charge on any atom is -0.368 e. The Morgan fingerprint density at radius 3 is 3.19 bits per heavy atom. The van der Waals surface area contributed by atoms with Gasteiger partial charge in [-0.05, 0) is 18.8 Å². The van der Waals surface area contributed by atoms with Gasteiger partial charge >= 0.3 is 0 Å². The quantitative estimate of drug-likeness (QED) is 0.862.